The van der Waals surface area contributed by atoms with E-state index in [4.69, 9.17) is 10.5 Å². The summed E-state index contributed by atoms with van der Waals surface area (Å²) in [6.07, 6.45) is 3.98. The third kappa shape index (κ3) is 2.23. The predicted octanol–water partition coefficient (Wildman–Crippen LogP) is 2.82. The largest absolute Gasteiger partial charge is 0.497 e. The van der Waals surface area contributed by atoms with Crippen molar-refractivity contribution in [1.29, 1.82) is 0 Å². The lowest BCUT2D eigenvalue weighted by molar-refractivity contribution is 0.415. The van der Waals surface area contributed by atoms with Gasteiger partial charge < -0.3 is 10.5 Å². The van der Waals surface area contributed by atoms with Crippen LogP contribution in [0.15, 0.2) is 42.5 Å². The second-order valence-electron chi connectivity index (χ2n) is 3.61. The lowest BCUT2D eigenvalue weighted by Gasteiger charge is -2.03. The Labute approximate surface area is 95.3 Å². The summed E-state index contributed by atoms with van der Waals surface area (Å²) in [6, 6.07) is 12.4. The van der Waals surface area contributed by atoms with Crippen LogP contribution in [0.25, 0.3) is 16.8 Å². The van der Waals surface area contributed by atoms with Crippen molar-refractivity contribution < 1.29 is 4.74 Å². The molecule has 0 aliphatic heterocycles. The molecule has 16 heavy (non-hydrogen) atoms. The summed E-state index contributed by atoms with van der Waals surface area (Å²) in [5, 5.41) is 2.39. The highest BCUT2D eigenvalue weighted by atomic mass is 16.5. The molecule has 0 heterocycles. The van der Waals surface area contributed by atoms with Crippen molar-refractivity contribution in [3.63, 3.8) is 0 Å². The van der Waals surface area contributed by atoms with Gasteiger partial charge in [-0.3, -0.25) is 0 Å². The monoisotopic (exact) mass is 213 g/mol. The standard InChI is InChI=1S/C14H15NO/c1-16-14-7-6-12-9-11(3-2-8-15)4-5-13(12)10-14/h2-7,9-10H,8,15H2,1H3/b3-2+. The van der Waals surface area contributed by atoms with Crippen molar-refractivity contribution in [3.05, 3.63) is 48.0 Å². The number of fused-ring (bicyclic) bond motifs is 1. The van der Waals surface area contributed by atoms with Crippen LogP contribution in [0.4, 0.5) is 0 Å². The highest BCUT2D eigenvalue weighted by molar-refractivity contribution is 5.86. The van der Waals surface area contributed by atoms with Gasteiger partial charge in [0.25, 0.3) is 0 Å². The highest BCUT2D eigenvalue weighted by Gasteiger charge is 1.96. The summed E-state index contributed by atoms with van der Waals surface area (Å²) < 4.78 is 5.19. The van der Waals surface area contributed by atoms with Gasteiger partial charge in [-0.2, -0.15) is 0 Å². The number of benzene rings is 2. The molecule has 0 aliphatic carbocycles. The van der Waals surface area contributed by atoms with Crippen LogP contribution >= 0.6 is 0 Å². The zero-order valence-electron chi connectivity index (χ0n) is 9.31. The smallest absolute Gasteiger partial charge is 0.119 e. The van der Waals surface area contributed by atoms with Crippen LogP contribution in [0.2, 0.25) is 0 Å². The fourth-order valence-electron chi connectivity index (χ4n) is 1.68. The van der Waals surface area contributed by atoms with Crippen LogP contribution < -0.4 is 10.5 Å². The van der Waals surface area contributed by atoms with Gasteiger partial charge in [-0.15, -0.1) is 0 Å². The maximum Gasteiger partial charge on any atom is 0.119 e. The predicted molar refractivity (Wildman–Crippen MR) is 68.6 cm³/mol. The second kappa shape index (κ2) is 4.81. The molecular formula is C14H15NO. The van der Waals surface area contributed by atoms with Crippen molar-refractivity contribution in [3.8, 4) is 5.75 Å². The Morgan fingerprint density at radius 3 is 2.62 bits per heavy atom. The van der Waals surface area contributed by atoms with Gasteiger partial charge in [-0.25, -0.2) is 0 Å². The summed E-state index contributed by atoms with van der Waals surface area (Å²) >= 11 is 0. The zero-order valence-corrected chi connectivity index (χ0v) is 9.31. The van der Waals surface area contributed by atoms with Crippen molar-refractivity contribution in [2.24, 2.45) is 5.73 Å². The van der Waals surface area contributed by atoms with Gasteiger partial charge in [0.1, 0.15) is 5.75 Å². The average molecular weight is 213 g/mol. The van der Waals surface area contributed by atoms with Crippen LogP contribution in [0, 0.1) is 0 Å². The molecule has 2 nitrogen and oxygen atoms in total. The van der Waals surface area contributed by atoms with Crippen LogP contribution in [-0.2, 0) is 0 Å². The minimum Gasteiger partial charge on any atom is -0.497 e. The van der Waals surface area contributed by atoms with Crippen LogP contribution in [0.1, 0.15) is 5.56 Å². The number of rotatable bonds is 3. The van der Waals surface area contributed by atoms with E-state index in [0.29, 0.717) is 6.54 Å². The molecule has 0 saturated heterocycles. The number of ether oxygens (including phenoxy) is 1. The molecule has 0 bridgehead atoms. The van der Waals surface area contributed by atoms with Crippen LogP contribution in [0.5, 0.6) is 5.75 Å². The molecule has 0 amide bonds. The molecule has 2 N–H and O–H groups in total. The van der Waals surface area contributed by atoms with E-state index in [0.717, 1.165) is 5.75 Å². The van der Waals surface area contributed by atoms with E-state index >= 15 is 0 Å². The molecule has 2 aromatic carbocycles. The lowest BCUT2D eigenvalue weighted by atomic mass is 10.1. The number of methoxy groups -OCH3 is 1. The van der Waals surface area contributed by atoms with E-state index in [1.54, 1.807) is 7.11 Å². The van der Waals surface area contributed by atoms with Gasteiger partial charge in [0.15, 0.2) is 0 Å². The molecule has 0 unspecified atom stereocenters. The quantitative estimate of drug-likeness (QED) is 0.850. The molecule has 2 rings (SSSR count). The molecule has 2 heteroatoms. The summed E-state index contributed by atoms with van der Waals surface area (Å²) in [4.78, 5) is 0. The Morgan fingerprint density at radius 2 is 1.88 bits per heavy atom. The highest BCUT2D eigenvalue weighted by Crippen LogP contribution is 2.22. The van der Waals surface area contributed by atoms with Gasteiger partial charge in [0, 0.05) is 6.54 Å². The van der Waals surface area contributed by atoms with Gasteiger partial charge in [0.2, 0.25) is 0 Å². The number of hydrogen-bond acceptors (Lipinski definition) is 2. The fourth-order valence-corrected chi connectivity index (χ4v) is 1.68. The molecule has 0 fully saturated rings. The third-order valence-corrected chi connectivity index (χ3v) is 2.52. The van der Waals surface area contributed by atoms with Gasteiger partial charge in [0.05, 0.1) is 7.11 Å². The first-order valence-corrected chi connectivity index (χ1v) is 5.28. The molecule has 0 saturated carbocycles. The van der Waals surface area contributed by atoms with Crippen molar-refractivity contribution in [2.45, 2.75) is 0 Å². The average Bonchev–Trinajstić information content (AvgIpc) is 2.35. The molecule has 0 aromatic heterocycles. The topological polar surface area (TPSA) is 35.2 Å². The lowest BCUT2D eigenvalue weighted by Crippen LogP contribution is -1.91. The molecule has 0 atom stereocenters. The van der Waals surface area contributed by atoms with E-state index in [9.17, 15) is 0 Å². The van der Waals surface area contributed by atoms with Crippen LogP contribution in [0.3, 0.4) is 0 Å². The number of hydrogen-bond donors (Lipinski definition) is 1. The number of nitrogens with two attached hydrogens (primary N) is 1. The van der Waals surface area contributed by atoms with E-state index in [1.165, 1.54) is 16.3 Å². The van der Waals surface area contributed by atoms with E-state index in [2.05, 4.69) is 24.3 Å². The van der Waals surface area contributed by atoms with E-state index in [1.807, 2.05) is 24.3 Å². The first-order valence-electron chi connectivity index (χ1n) is 5.28. The van der Waals surface area contributed by atoms with Crippen LogP contribution in [-0.4, -0.2) is 13.7 Å². The summed E-state index contributed by atoms with van der Waals surface area (Å²) in [6.45, 7) is 0.570. The fraction of sp³-hybridized carbons (Fsp3) is 0.143. The normalized spacial score (nSPS) is 11.1. The van der Waals surface area contributed by atoms with Gasteiger partial charge in [-0.05, 0) is 34.5 Å². The SMILES string of the molecule is COc1ccc2cc(/C=C/CN)ccc2c1. The Hall–Kier alpha value is -1.80. The minimum absolute atomic E-state index is 0.570. The molecular weight excluding hydrogens is 198 g/mol. The molecule has 82 valence electrons. The van der Waals surface area contributed by atoms with Crippen molar-refractivity contribution in [1.82, 2.24) is 0 Å². The van der Waals surface area contributed by atoms with Crippen molar-refractivity contribution >= 4 is 16.8 Å². The summed E-state index contributed by atoms with van der Waals surface area (Å²) in [7, 11) is 1.68. The minimum atomic E-state index is 0.570. The Morgan fingerprint density at radius 1 is 1.12 bits per heavy atom. The van der Waals surface area contributed by atoms with Gasteiger partial charge >= 0.3 is 0 Å². The zero-order chi connectivity index (χ0) is 11.4. The van der Waals surface area contributed by atoms with E-state index < -0.39 is 0 Å². The summed E-state index contributed by atoms with van der Waals surface area (Å²) in [5.41, 5.74) is 6.59. The molecule has 0 radical (unpaired) electrons. The first-order chi connectivity index (χ1) is 7.83. The Bertz CT molecular complexity index is 517. The molecule has 0 aliphatic rings. The van der Waals surface area contributed by atoms with Gasteiger partial charge in [-0.1, -0.05) is 30.4 Å². The van der Waals surface area contributed by atoms with E-state index in [-0.39, 0.29) is 0 Å². The maximum atomic E-state index is 5.42. The first kappa shape index (κ1) is 10.7. The molecule has 0 spiro atoms. The Balaban J connectivity index is 2.43. The van der Waals surface area contributed by atoms with Crippen molar-refractivity contribution in [2.75, 3.05) is 13.7 Å². The summed E-state index contributed by atoms with van der Waals surface area (Å²) in [5.74, 6) is 0.887. The second-order valence-corrected chi connectivity index (χ2v) is 3.61. The molecule has 2 aromatic rings. The Kier molecular flexibility index (Phi) is 3.22. The third-order valence-electron chi connectivity index (χ3n) is 2.52. The maximum absolute atomic E-state index is 5.42.